The highest BCUT2D eigenvalue weighted by atomic mass is 35.5. The molecule has 3 unspecified atom stereocenters. The summed E-state index contributed by atoms with van der Waals surface area (Å²) < 4.78 is 1.85. The van der Waals surface area contributed by atoms with Gasteiger partial charge in [0, 0.05) is 16.6 Å². The standard InChI is InChI=1S/C29H34ClN3O/c1-18-6-8-20(9-7-18)17-33-25(15-24(32-33)21-10-11-23(30)19(2)14-21)26(34)31-27-28(3,4)22-12-13-29(27,5)16-22/h6-11,14-15,22,27H,12-13,16-17H2,1-5H3,(H,31,34). The Morgan fingerprint density at radius 2 is 1.85 bits per heavy atom. The second kappa shape index (κ2) is 8.27. The summed E-state index contributed by atoms with van der Waals surface area (Å²) in [5.41, 5.74) is 5.95. The van der Waals surface area contributed by atoms with Crippen molar-refractivity contribution in [1.82, 2.24) is 15.1 Å². The smallest absolute Gasteiger partial charge is 0.269 e. The fraction of sp³-hybridized carbons (Fsp3) is 0.448. The average Bonchev–Trinajstić information content (AvgIpc) is 3.44. The lowest BCUT2D eigenvalue weighted by Crippen LogP contribution is -2.52. The summed E-state index contributed by atoms with van der Waals surface area (Å²) in [6.45, 7) is 11.6. The molecule has 2 saturated carbocycles. The van der Waals surface area contributed by atoms with E-state index in [0.29, 0.717) is 18.2 Å². The number of carbonyl (C=O) groups excluding carboxylic acids is 1. The zero-order valence-corrected chi connectivity index (χ0v) is 21.5. The molecule has 178 valence electrons. The molecule has 34 heavy (non-hydrogen) atoms. The van der Waals surface area contributed by atoms with Gasteiger partial charge in [-0.05, 0) is 79.2 Å². The van der Waals surface area contributed by atoms with Gasteiger partial charge >= 0.3 is 0 Å². The van der Waals surface area contributed by atoms with Gasteiger partial charge in [-0.25, -0.2) is 0 Å². The third-order valence-corrected chi connectivity index (χ3v) is 8.89. The maximum Gasteiger partial charge on any atom is 0.269 e. The van der Waals surface area contributed by atoms with E-state index in [2.05, 4.69) is 57.3 Å². The number of benzene rings is 2. The largest absolute Gasteiger partial charge is 0.347 e. The summed E-state index contributed by atoms with van der Waals surface area (Å²) in [5.74, 6) is 0.635. The lowest BCUT2D eigenvalue weighted by molar-refractivity contribution is 0.0728. The van der Waals surface area contributed by atoms with Crippen molar-refractivity contribution < 1.29 is 4.79 Å². The molecular formula is C29H34ClN3O. The van der Waals surface area contributed by atoms with Crippen molar-refractivity contribution in [3.8, 4) is 11.3 Å². The Balaban J connectivity index is 1.50. The molecule has 4 nitrogen and oxygen atoms in total. The fourth-order valence-electron chi connectivity index (χ4n) is 6.40. The number of hydrogen-bond donors (Lipinski definition) is 1. The molecule has 3 atom stereocenters. The number of fused-ring (bicyclic) bond motifs is 2. The van der Waals surface area contributed by atoms with Crippen LogP contribution < -0.4 is 5.32 Å². The fourth-order valence-corrected chi connectivity index (χ4v) is 6.52. The quantitative estimate of drug-likeness (QED) is 0.440. The molecular weight excluding hydrogens is 442 g/mol. The summed E-state index contributed by atoms with van der Waals surface area (Å²) in [6, 6.07) is 16.4. The third-order valence-electron chi connectivity index (χ3n) is 8.46. The van der Waals surface area contributed by atoms with Crippen molar-refractivity contribution in [2.45, 2.75) is 66.5 Å². The van der Waals surface area contributed by atoms with E-state index >= 15 is 0 Å². The minimum Gasteiger partial charge on any atom is -0.347 e. The van der Waals surface area contributed by atoms with E-state index in [1.165, 1.54) is 24.8 Å². The van der Waals surface area contributed by atoms with E-state index in [1.807, 2.05) is 35.9 Å². The van der Waals surface area contributed by atoms with Gasteiger partial charge in [-0.15, -0.1) is 0 Å². The predicted octanol–water partition coefficient (Wildman–Crippen LogP) is 6.81. The molecule has 0 saturated heterocycles. The number of aryl methyl sites for hydroxylation is 2. The first kappa shape index (κ1) is 23.2. The highest BCUT2D eigenvalue weighted by Crippen LogP contribution is 2.62. The zero-order valence-electron chi connectivity index (χ0n) is 20.8. The number of hydrogen-bond acceptors (Lipinski definition) is 2. The molecule has 2 bridgehead atoms. The molecule has 1 N–H and O–H groups in total. The minimum absolute atomic E-state index is 0.0385. The van der Waals surface area contributed by atoms with Crippen molar-refractivity contribution in [2.24, 2.45) is 16.7 Å². The lowest BCUT2D eigenvalue weighted by atomic mass is 9.68. The Labute approximate surface area is 207 Å². The number of nitrogens with one attached hydrogen (secondary N) is 1. The topological polar surface area (TPSA) is 46.9 Å². The molecule has 2 fully saturated rings. The van der Waals surface area contributed by atoms with E-state index in [4.69, 9.17) is 16.7 Å². The number of halogens is 1. The van der Waals surface area contributed by atoms with Crippen LogP contribution >= 0.6 is 11.6 Å². The first-order valence-corrected chi connectivity index (χ1v) is 12.7. The lowest BCUT2D eigenvalue weighted by Gasteiger charge is -2.43. The van der Waals surface area contributed by atoms with Crippen LogP contribution in [-0.2, 0) is 6.54 Å². The SMILES string of the molecule is Cc1ccc(Cn2nc(-c3ccc(Cl)c(C)c3)cc2C(=O)NC2C3(C)CCC(C3)C2(C)C)cc1. The van der Waals surface area contributed by atoms with E-state index in [9.17, 15) is 4.79 Å². The number of nitrogens with zero attached hydrogens (tertiary/aromatic N) is 2. The second-order valence-electron chi connectivity index (χ2n) is 11.3. The number of carbonyl (C=O) groups is 1. The summed E-state index contributed by atoms with van der Waals surface area (Å²) in [4.78, 5) is 13.7. The third kappa shape index (κ3) is 3.96. The minimum atomic E-state index is -0.0385. The summed E-state index contributed by atoms with van der Waals surface area (Å²) in [6.07, 6.45) is 3.65. The van der Waals surface area contributed by atoms with Crippen molar-refractivity contribution in [1.29, 1.82) is 0 Å². The second-order valence-corrected chi connectivity index (χ2v) is 11.8. The van der Waals surface area contributed by atoms with Crippen LogP contribution in [0.5, 0.6) is 0 Å². The van der Waals surface area contributed by atoms with Crippen molar-refractivity contribution >= 4 is 17.5 Å². The van der Waals surface area contributed by atoms with Gasteiger partial charge in [-0.2, -0.15) is 5.10 Å². The van der Waals surface area contributed by atoms with Gasteiger partial charge in [-0.1, -0.05) is 68.3 Å². The van der Waals surface area contributed by atoms with Gasteiger partial charge in [0.1, 0.15) is 5.69 Å². The Hall–Kier alpha value is -2.59. The van der Waals surface area contributed by atoms with Gasteiger partial charge in [0.15, 0.2) is 0 Å². The first-order valence-electron chi connectivity index (χ1n) is 12.3. The highest BCUT2D eigenvalue weighted by molar-refractivity contribution is 6.31. The Morgan fingerprint density at radius 3 is 2.50 bits per heavy atom. The van der Waals surface area contributed by atoms with Crippen LogP contribution in [0.3, 0.4) is 0 Å². The molecule has 0 radical (unpaired) electrons. The van der Waals surface area contributed by atoms with Crippen molar-refractivity contribution in [3.05, 3.63) is 75.9 Å². The molecule has 2 aromatic carbocycles. The number of amides is 1. The van der Waals surface area contributed by atoms with Crippen LogP contribution in [0.1, 0.15) is 67.2 Å². The molecule has 2 aliphatic rings. The van der Waals surface area contributed by atoms with Crippen LogP contribution in [0, 0.1) is 30.6 Å². The van der Waals surface area contributed by atoms with Gasteiger partial charge in [0.25, 0.3) is 5.91 Å². The maximum absolute atomic E-state index is 13.7. The monoisotopic (exact) mass is 475 g/mol. The molecule has 5 rings (SSSR count). The summed E-state index contributed by atoms with van der Waals surface area (Å²) in [7, 11) is 0. The van der Waals surface area contributed by atoms with E-state index in [0.717, 1.165) is 27.4 Å². The van der Waals surface area contributed by atoms with Crippen LogP contribution in [-0.4, -0.2) is 21.7 Å². The van der Waals surface area contributed by atoms with Crippen LogP contribution in [0.25, 0.3) is 11.3 Å². The van der Waals surface area contributed by atoms with Gasteiger partial charge < -0.3 is 5.32 Å². The van der Waals surface area contributed by atoms with Crippen LogP contribution in [0.2, 0.25) is 5.02 Å². The molecule has 3 aromatic rings. The first-order chi connectivity index (χ1) is 16.1. The van der Waals surface area contributed by atoms with E-state index in [-0.39, 0.29) is 22.8 Å². The molecule has 0 spiro atoms. The predicted molar refractivity (Wildman–Crippen MR) is 138 cm³/mol. The van der Waals surface area contributed by atoms with Crippen molar-refractivity contribution in [2.75, 3.05) is 0 Å². The molecule has 2 aliphatic carbocycles. The van der Waals surface area contributed by atoms with Crippen LogP contribution in [0.4, 0.5) is 0 Å². The number of rotatable bonds is 5. The molecule has 0 aliphatic heterocycles. The molecule has 5 heteroatoms. The summed E-state index contributed by atoms with van der Waals surface area (Å²) in [5, 5.41) is 9.07. The molecule has 1 heterocycles. The van der Waals surface area contributed by atoms with Gasteiger partial charge in [-0.3, -0.25) is 9.48 Å². The van der Waals surface area contributed by atoms with E-state index in [1.54, 1.807) is 0 Å². The van der Waals surface area contributed by atoms with Crippen molar-refractivity contribution in [3.63, 3.8) is 0 Å². The van der Waals surface area contributed by atoms with E-state index < -0.39 is 0 Å². The maximum atomic E-state index is 13.7. The molecule has 1 amide bonds. The number of aromatic nitrogens is 2. The normalized spacial score (nSPS) is 25.0. The van der Waals surface area contributed by atoms with Gasteiger partial charge in [0.2, 0.25) is 0 Å². The average molecular weight is 476 g/mol. The summed E-state index contributed by atoms with van der Waals surface area (Å²) >= 11 is 6.25. The molecule has 1 aromatic heterocycles. The Bertz CT molecular complexity index is 1240. The Morgan fingerprint density at radius 1 is 1.12 bits per heavy atom. The van der Waals surface area contributed by atoms with Gasteiger partial charge in [0.05, 0.1) is 12.2 Å². The van der Waals surface area contributed by atoms with Crippen LogP contribution in [0.15, 0.2) is 48.5 Å². The highest BCUT2D eigenvalue weighted by Gasteiger charge is 2.59. The Kier molecular flexibility index (Phi) is 5.63. The zero-order chi connectivity index (χ0) is 24.3.